The standard InChI is InChI=1S/C19H23N5O3/c1-12-11-20-16-10-15(22-19(16)21-12)13-5-7-24(8-6-13)18(25)4-3-14-9-17(26-2)23-27-14/h9-11,13H,3-8H2,1-2H3,(H,21,22). The van der Waals surface area contributed by atoms with Gasteiger partial charge in [-0.2, -0.15) is 0 Å². The SMILES string of the molecule is COc1cc(CCC(=O)N2CCC(c3cc4ncc(C)nc4[nH]3)CC2)on1. The van der Waals surface area contributed by atoms with Gasteiger partial charge in [0.05, 0.1) is 12.8 Å². The van der Waals surface area contributed by atoms with Crippen LogP contribution in [0, 0.1) is 6.92 Å². The number of nitrogens with one attached hydrogen (secondary N) is 1. The Morgan fingerprint density at radius 3 is 2.93 bits per heavy atom. The van der Waals surface area contributed by atoms with Crippen LogP contribution in [0.15, 0.2) is 22.9 Å². The van der Waals surface area contributed by atoms with Crippen LogP contribution in [-0.4, -0.2) is 51.1 Å². The average Bonchev–Trinajstić information content (AvgIpc) is 3.32. The van der Waals surface area contributed by atoms with E-state index in [2.05, 4.69) is 26.2 Å². The number of H-pyrrole nitrogens is 1. The second-order valence-electron chi connectivity index (χ2n) is 6.96. The number of methoxy groups -OCH3 is 1. The minimum absolute atomic E-state index is 0.152. The molecule has 3 aromatic heterocycles. The van der Waals surface area contributed by atoms with Crippen LogP contribution in [0.2, 0.25) is 0 Å². The summed E-state index contributed by atoms with van der Waals surface area (Å²) in [5.41, 5.74) is 3.81. The fourth-order valence-electron chi connectivity index (χ4n) is 3.56. The Labute approximate surface area is 156 Å². The highest BCUT2D eigenvalue weighted by Crippen LogP contribution is 2.29. The van der Waals surface area contributed by atoms with Gasteiger partial charge in [0.2, 0.25) is 5.91 Å². The summed E-state index contributed by atoms with van der Waals surface area (Å²) in [5.74, 6) is 1.67. The predicted octanol–water partition coefficient (Wildman–Crippen LogP) is 2.60. The summed E-state index contributed by atoms with van der Waals surface area (Å²) < 4.78 is 10.1. The minimum atomic E-state index is 0.152. The summed E-state index contributed by atoms with van der Waals surface area (Å²) in [4.78, 5) is 26.7. The van der Waals surface area contributed by atoms with E-state index in [0.717, 1.165) is 48.5 Å². The first-order valence-corrected chi connectivity index (χ1v) is 9.22. The normalized spacial score (nSPS) is 15.4. The fourth-order valence-corrected chi connectivity index (χ4v) is 3.56. The summed E-state index contributed by atoms with van der Waals surface area (Å²) in [5, 5.41) is 3.76. The predicted molar refractivity (Wildman–Crippen MR) is 98.6 cm³/mol. The highest BCUT2D eigenvalue weighted by molar-refractivity contribution is 5.76. The molecule has 0 saturated carbocycles. The number of carbonyl (C=O) groups is 1. The molecule has 8 nitrogen and oxygen atoms in total. The summed E-state index contributed by atoms with van der Waals surface area (Å²) in [6, 6.07) is 3.81. The van der Waals surface area contributed by atoms with Gasteiger partial charge in [-0.05, 0) is 31.0 Å². The molecule has 0 spiro atoms. The van der Waals surface area contributed by atoms with E-state index in [0.29, 0.717) is 30.4 Å². The van der Waals surface area contributed by atoms with E-state index in [-0.39, 0.29) is 5.91 Å². The highest BCUT2D eigenvalue weighted by atomic mass is 16.5. The van der Waals surface area contributed by atoms with E-state index in [1.54, 1.807) is 12.3 Å². The van der Waals surface area contributed by atoms with Crippen molar-refractivity contribution in [2.24, 2.45) is 0 Å². The number of aryl methyl sites for hydroxylation is 2. The number of hydrogen-bond acceptors (Lipinski definition) is 6. The van der Waals surface area contributed by atoms with Crippen LogP contribution in [0.3, 0.4) is 0 Å². The first-order valence-electron chi connectivity index (χ1n) is 9.22. The van der Waals surface area contributed by atoms with E-state index in [4.69, 9.17) is 9.26 Å². The highest BCUT2D eigenvalue weighted by Gasteiger charge is 2.25. The molecule has 8 heteroatoms. The number of rotatable bonds is 5. The molecule has 1 saturated heterocycles. The smallest absolute Gasteiger partial charge is 0.254 e. The third kappa shape index (κ3) is 3.79. The van der Waals surface area contributed by atoms with Crippen LogP contribution in [-0.2, 0) is 11.2 Å². The van der Waals surface area contributed by atoms with Crippen molar-refractivity contribution in [3.05, 3.63) is 35.5 Å². The molecule has 0 aromatic carbocycles. The first kappa shape index (κ1) is 17.5. The van der Waals surface area contributed by atoms with Crippen molar-refractivity contribution in [1.29, 1.82) is 0 Å². The number of fused-ring (bicyclic) bond motifs is 1. The first-order chi connectivity index (χ1) is 13.1. The third-order valence-corrected chi connectivity index (χ3v) is 5.10. The van der Waals surface area contributed by atoms with Crippen molar-refractivity contribution in [2.75, 3.05) is 20.2 Å². The number of hydrogen-bond donors (Lipinski definition) is 1. The van der Waals surface area contributed by atoms with Crippen molar-refractivity contribution < 1.29 is 14.1 Å². The molecule has 1 N–H and O–H groups in total. The summed E-state index contributed by atoms with van der Waals surface area (Å²) in [6.45, 7) is 3.46. The molecule has 4 rings (SSSR count). The molecule has 27 heavy (non-hydrogen) atoms. The van der Waals surface area contributed by atoms with E-state index < -0.39 is 0 Å². The number of amides is 1. The van der Waals surface area contributed by atoms with Crippen LogP contribution in [0.4, 0.5) is 0 Å². The Balaban J connectivity index is 1.31. The molecule has 0 bridgehead atoms. The zero-order chi connectivity index (χ0) is 18.8. The molecule has 0 atom stereocenters. The Bertz CT molecular complexity index is 940. The lowest BCUT2D eigenvalue weighted by molar-refractivity contribution is -0.132. The van der Waals surface area contributed by atoms with Gasteiger partial charge in [0, 0.05) is 49.8 Å². The molecule has 0 unspecified atom stereocenters. The van der Waals surface area contributed by atoms with Crippen molar-refractivity contribution in [1.82, 2.24) is 25.0 Å². The zero-order valence-electron chi connectivity index (χ0n) is 15.6. The lowest BCUT2D eigenvalue weighted by Crippen LogP contribution is -2.38. The van der Waals surface area contributed by atoms with Crippen LogP contribution in [0.1, 0.15) is 42.3 Å². The van der Waals surface area contributed by atoms with Crippen LogP contribution in [0.25, 0.3) is 11.2 Å². The van der Waals surface area contributed by atoms with Gasteiger partial charge < -0.3 is 19.1 Å². The molecular formula is C19H23N5O3. The average molecular weight is 369 g/mol. The lowest BCUT2D eigenvalue weighted by Gasteiger charge is -2.31. The van der Waals surface area contributed by atoms with Crippen LogP contribution >= 0.6 is 0 Å². The molecule has 3 aromatic rings. The molecule has 1 amide bonds. The number of piperidine rings is 1. The maximum atomic E-state index is 12.5. The molecule has 1 aliphatic rings. The van der Waals surface area contributed by atoms with Crippen molar-refractivity contribution in [3.63, 3.8) is 0 Å². The molecule has 142 valence electrons. The van der Waals surface area contributed by atoms with Crippen molar-refractivity contribution in [3.8, 4) is 5.88 Å². The zero-order valence-corrected chi connectivity index (χ0v) is 15.6. The number of carbonyl (C=O) groups excluding carboxylic acids is 1. The van der Waals surface area contributed by atoms with Crippen LogP contribution < -0.4 is 4.74 Å². The molecule has 0 radical (unpaired) electrons. The Morgan fingerprint density at radius 2 is 2.19 bits per heavy atom. The molecular weight excluding hydrogens is 346 g/mol. The second kappa shape index (κ2) is 7.38. The van der Waals surface area contributed by atoms with Gasteiger partial charge in [0.1, 0.15) is 11.3 Å². The number of nitrogens with zero attached hydrogens (tertiary/aromatic N) is 4. The Hall–Kier alpha value is -2.90. The van der Waals surface area contributed by atoms with E-state index in [1.807, 2.05) is 11.8 Å². The van der Waals surface area contributed by atoms with Crippen molar-refractivity contribution >= 4 is 17.1 Å². The van der Waals surface area contributed by atoms with Crippen molar-refractivity contribution in [2.45, 2.75) is 38.5 Å². The largest absolute Gasteiger partial charge is 0.479 e. The number of likely N-dealkylation sites (tertiary alicyclic amines) is 1. The Morgan fingerprint density at radius 1 is 1.37 bits per heavy atom. The maximum Gasteiger partial charge on any atom is 0.254 e. The molecule has 1 aliphatic heterocycles. The minimum Gasteiger partial charge on any atom is -0.479 e. The molecule has 1 fully saturated rings. The van der Waals surface area contributed by atoms with Gasteiger partial charge in [-0.15, -0.1) is 0 Å². The maximum absolute atomic E-state index is 12.5. The summed E-state index contributed by atoms with van der Waals surface area (Å²) in [7, 11) is 1.54. The number of aromatic nitrogens is 4. The van der Waals surface area contributed by atoms with Gasteiger partial charge in [-0.3, -0.25) is 9.78 Å². The molecule has 4 heterocycles. The number of aromatic amines is 1. The topological polar surface area (TPSA) is 97.1 Å². The summed E-state index contributed by atoms with van der Waals surface area (Å²) >= 11 is 0. The van der Waals surface area contributed by atoms with Gasteiger partial charge in [-0.1, -0.05) is 0 Å². The lowest BCUT2D eigenvalue weighted by atomic mass is 9.93. The number of ether oxygens (including phenoxy) is 1. The van der Waals surface area contributed by atoms with Gasteiger partial charge in [-0.25, -0.2) is 4.98 Å². The molecule has 0 aliphatic carbocycles. The Kier molecular flexibility index (Phi) is 4.79. The van der Waals surface area contributed by atoms with Gasteiger partial charge in [0.15, 0.2) is 5.65 Å². The van der Waals surface area contributed by atoms with E-state index in [9.17, 15) is 4.79 Å². The van der Waals surface area contributed by atoms with Crippen LogP contribution in [0.5, 0.6) is 5.88 Å². The van der Waals surface area contributed by atoms with E-state index in [1.165, 1.54) is 7.11 Å². The summed E-state index contributed by atoms with van der Waals surface area (Å²) in [6.07, 6.45) is 4.61. The fraction of sp³-hybridized carbons (Fsp3) is 0.474. The third-order valence-electron chi connectivity index (χ3n) is 5.10. The van der Waals surface area contributed by atoms with Gasteiger partial charge in [0.25, 0.3) is 5.88 Å². The van der Waals surface area contributed by atoms with Gasteiger partial charge >= 0.3 is 0 Å². The second-order valence-corrected chi connectivity index (χ2v) is 6.96. The monoisotopic (exact) mass is 369 g/mol. The van der Waals surface area contributed by atoms with E-state index >= 15 is 0 Å². The quantitative estimate of drug-likeness (QED) is 0.742.